The van der Waals surface area contributed by atoms with Crippen LogP contribution in [0.4, 0.5) is 0 Å². The number of fused-ring (bicyclic) bond motifs is 1. The summed E-state index contributed by atoms with van der Waals surface area (Å²) in [6.45, 7) is 1.84. The molecular weight excluding hydrogens is 260 g/mol. The quantitative estimate of drug-likeness (QED) is 0.754. The first-order chi connectivity index (χ1) is 10.3. The first-order valence-corrected chi connectivity index (χ1v) is 7.21. The minimum atomic E-state index is 0.0982. The highest BCUT2D eigenvalue weighted by atomic mass is 16.3. The van der Waals surface area contributed by atoms with Crippen molar-refractivity contribution in [1.82, 2.24) is 9.88 Å². The molecule has 0 radical (unpaired) electrons. The third-order valence-corrected chi connectivity index (χ3v) is 3.77. The number of nitrogens with one attached hydrogen (secondary N) is 1. The Kier molecular flexibility index (Phi) is 4.04. The summed E-state index contributed by atoms with van der Waals surface area (Å²) >= 11 is 0. The van der Waals surface area contributed by atoms with Crippen LogP contribution in [0.25, 0.3) is 10.9 Å². The predicted molar refractivity (Wildman–Crippen MR) is 86.2 cm³/mol. The Bertz CT molecular complexity index is 729. The average molecular weight is 280 g/mol. The fraction of sp³-hybridized carbons (Fsp3) is 0.222. The second-order valence-electron chi connectivity index (χ2n) is 5.34. The van der Waals surface area contributed by atoms with Crippen LogP contribution >= 0.6 is 0 Å². The first-order valence-electron chi connectivity index (χ1n) is 7.21. The SMILES string of the molecule is CNCc1ccc2c(ccn2Cc2ccc(CO)cc2)c1. The maximum Gasteiger partial charge on any atom is 0.0681 e. The molecule has 3 rings (SSSR count). The number of benzene rings is 2. The van der Waals surface area contributed by atoms with Gasteiger partial charge in [-0.3, -0.25) is 0 Å². The minimum absolute atomic E-state index is 0.0982. The molecule has 1 aromatic heterocycles. The van der Waals surface area contributed by atoms with Gasteiger partial charge < -0.3 is 15.0 Å². The number of rotatable bonds is 5. The van der Waals surface area contributed by atoms with Crippen LogP contribution in [0.1, 0.15) is 16.7 Å². The molecule has 108 valence electrons. The summed E-state index contributed by atoms with van der Waals surface area (Å²) < 4.78 is 2.26. The van der Waals surface area contributed by atoms with Crippen molar-refractivity contribution in [2.75, 3.05) is 7.05 Å². The fourth-order valence-electron chi connectivity index (χ4n) is 2.65. The summed E-state index contributed by atoms with van der Waals surface area (Å²) in [5.41, 5.74) is 4.74. The predicted octanol–water partition coefficient (Wildman–Crippen LogP) is 2.90. The van der Waals surface area contributed by atoms with Crippen molar-refractivity contribution in [1.29, 1.82) is 0 Å². The van der Waals surface area contributed by atoms with Gasteiger partial charge in [-0.05, 0) is 47.3 Å². The molecule has 2 aromatic carbocycles. The lowest BCUT2D eigenvalue weighted by Crippen LogP contribution is -2.04. The van der Waals surface area contributed by atoms with Crippen molar-refractivity contribution >= 4 is 10.9 Å². The molecule has 0 bridgehead atoms. The van der Waals surface area contributed by atoms with Gasteiger partial charge in [-0.2, -0.15) is 0 Å². The summed E-state index contributed by atoms with van der Waals surface area (Å²) in [6, 6.07) is 16.9. The van der Waals surface area contributed by atoms with Crippen LogP contribution in [-0.2, 0) is 19.7 Å². The molecule has 1 heterocycles. The molecule has 0 aliphatic rings. The van der Waals surface area contributed by atoms with E-state index in [2.05, 4.69) is 52.5 Å². The number of hydrogen-bond acceptors (Lipinski definition) is 2. The molecule has 0 fully saturated rings. The van der Waals surface area contributed by atoms with E-state index in [0.717, 1.165) is 18.7 Å². The molecule has 0 spiro atoms. The lowest BCUT2D eigenvalue weighted by molar-refractivity contribution is 0.282. The molecule has 0 amide bonds. The van der Waals surface area contributed by atoms with Crippen LogP contribution < -0.4 is 5.32 Å². The van der Waals surface area contributed by atoms with Gasteiger partial charge in [0.1, 0.15) is 0 Å². The van der Waals surface area contributed by atoms with Gasteiger partial charge in [0.25, 0.3) is 0 Å². The van der Waals surface area contributed by atoms with Crippen molar-refractivity contribution < 1.29 is 5.11 Å². The van der Waals surface area contributed by atoms with E-state index in [1.54, 1.807) is 0 Å². The smallest absolute Gasteiger partial charge is 0.0681 e. The van der Waals surface area contributed by atoms with Gasteiger partial charge >= 0.3 is 0 Å². The van der Waals surface area contributed by atoms with Crippen molar-refractivity contribution in [3.63, 3.8) is 0 Å². The summed E-state index contributed by atoms with van der Waals surface area (Å²) in [5.74, 6) is 0. The molecule has 3 nitrogen and oxygen atoms in total. The molecule has 0 aliphatic carbocycles. The van der Waals surface area contributed by atoms with Gasteiger partial charge in [0.05, 0.1) is 6.61 Å². The Balaban J connectivity index is 1.86. The van der Waals surface area contributed by atoms with Crippen molar-refractivity contribution in [3.05, 3.63) is 71.4 Å². The Morgan fingerprint density at radius 2 is 1.67 bits per heavy atom. The highest BCUT2D eigenvalue weighted by Crippen LogP contribution is 2.19. The van der Waals surface area contributed by atoms with E-state index in [1.807, 2.05) is 19.2 Å². The number of aliphatic hydroxyl groups is 1. The van der Waals surface area contributed by atoms with Gasteiger partial charge in [-0.1, -0.05) is 30.3 Å². The molecule has 3 aromatic rings. The number of aliphatic hydroxyl groups excluding tert-OH is 1. The molecular formula is C18H20N2O. The topological polar surface area (TPSA) is 37.2 Å². The van der Waals surface area contributed by atoms with Gasteiger partial charge in [0.2, 0.25) is 0 Å². The zero-order chi connectivity index (χ0) is 14.7. The maximum absolute atomic E-state index is 9.09. The standard InChI is InChI=1S/C18H20N2O/c1-19-11-16-6-7-18-17(10-16)8-9-20(18)12-14-2-4-15(13-21)5-3-14/h2-10,19,21H,11-13H2,1H3. The molecule has 0 saturated heterocycles. The van der Waals surface area contributed by atoms with E-state index in [4.69, 9.17) is 5.11 Å². The van der Waals surface area contributed by atoms with Crippen LogP contribution in [0.15, 0.2) is 54.7 Å². The minimum Gasteiger partial charge on any atom is -0.392 e. The Labute approximate surface area is 124 Å². The zero-order valence-electron chi connectivity index (χ0n) is 12.2. The summed E-state index contributed by atoms with van der Waals surface area (Å²) in [7, 11) is 1.96. The highest BCUT2D eigenvalue weighted by Gasteiger charge is 2.03. The third kappa shape index (κ3) is 2.99. The zero-order valence-corrected chi connectivity index (χ0v) is 12.2. The molecule has 0 saturated carbocycles. The van der Waals surface area contributed by atoms with E-state index in [9.17, 15) is 0 Å². The summed E-state index contributed by atoms with van der Waals surface area (Å²) in [4.78, 5) is 0. The second-order valence-corrected chi connectivity index (χ2v) is 5.34. The van der Waals surface area contributed by atoms with Crippen molar-refractivity contribution in [3.8, 4) is 0 Å². The summed E-state index contributed by atoms with van der Waals surface area (Å²) in [6.07, 6.45) is 2.13. The van der Waals surface area contributed by atoms with Crippen molar-refractivity contribution in [2.24, 2.45) is 0 Å². The fourth-order valence-corrected chi connectivity index (χ4v) is 2.65. The summed E-state index contributed by atoms with van der Waals surface area (Å²) in [5, 5.41) is 13.5. The Hall–Kier alpha value is -2.10. The number of aromatic nitrogens is 1. The molecule has 2 N–H and O–H groups in total. The van der Waals surface area contributed by atoms with Crippen LogP contribution in [-0.4, -0.2) is 16.7 Å². The van der Waals surface area contributed by atoms with Crippen LogP contribution in [0.5, 0.6) is 0 Å². The molecule has 0 atom stereocenters. The maximum atomic E-state index is 9.09. The monoisotopic (exact) mass is 280 g/mol. The van der Waals surface area contributed by atoms with Crippen molar-refractivity contribution in [2.45, 2.75) is 19.7 Å². The normalized spacial score (nSPS) is 11.1. The first kappa shape index (κ1) is 13.9. The van der Waals surface area contributed by atoms with E-state index in [-0.39, 0.29) is 6.61 Å². The van der Waals surface area contributed by atoms with Gasteiger partial charge in [0, 0.05) is 24.8 Å². The lowest BCUT2D eigenvalue weighted by atomic mass is 10.1. The van der Waals surface area contributed by atoms with E-state index in [0.29, 0.717) is 0 Å². The largest absolute Gasteiger partial charge is 0.392 e. The van der Waals surface area contributed by atoms with Gasteiger partial charge in [-0.25, -0.2) is 0 Å². The second kappa shape index (κ2) is 6.12. The highest BCUT2D eigenvalue weighted by molar-refractivity contribution is 5.81. The molecule has 3 heteroatoms. The molecule has 0 unspecified atom stereocenters. The lowest BCUT2D eigenvalue weighted by Gasteiger charge is -2.07. The number of hydrogen-bond donors (Lipinski definition) is 2. The Morgan fingerprint density at radius 1 is 0.952 bits per heavy atom. The van der Waals surface area contributed by atoms with Crippen LogP contribution in [0, 0.1) is 0 Å². The van der Waals surface area contributed by atoms with Gasteiger partial charge in [-0.15, -0.1) is 0 Å². The third-order valence-electron chi connectivity index (χ3n) is 3.77. The molecule has 0 aliphatic heterocycles. The van der Waals surface area contributed by atoms with Crippen LogP contribution in [0.3, 0.4) is 0 Å². The Morgan fingerprint density at radius 3 is 2.38 bits per heavy atom. The van der Waals surface area contributed by atoms with E-state index < -0.39 is 0 Å². The van der Waals surface area contributed by atoms with E-state index in [1.165, 1.54) is 22.0 Å². The number of nitrogens with zero attached hydrogens (tertiary/aromatic N) is 1. The van der Waals surface area contributed by atoms with Crippen LogP contribution in [0.2, 0.25) is 0 Å². The average Bonchev–Trinajstić information content (AvgIpc) is 2.91. The van der Waals surface area contributed by atoms with Gasteiger partial charge in [0.15, 0.2) is 0 Å². The molecule has 21 heavy (non-hydrogen) atoms. The van der Waals surface area contributed by atoms with E-state index >= 15 is 0 Å².